The number of anilines is 1. The lowest BCUT2D eigenvalue weighted by atomic mass is 10.0. The highest BCUT2D eigenvalue weighted by Gasteiger charge is 2.47. The molecule has 0 radical (unpaired) electrons. The fraction of sp³-hybridized carbons (Fsp3) is 0.316. The molecule has 30 heavy (non-hydrogen) atoms. The van der Waals surface area contributed by atoms with E-state index in [0.717, 1.165) is 11.3 Å². The molecule has 4 rings (SSSR count). The number of pyridine rings is 2. The molecular formula is C19H16ClF2N5O2S. The Balaban J connectivity index is 1.62. The van der Waals surface area contributed by atoms with Crippen molar-refractivity contribution in [3.63, 3.8) is 0 Å². The summed E-state index contributed by atoms with van der Waals surface area (Å²) in [6, 6.07) is 3.35. The Kier molecular flexibility index (Phi) is 5.61. The predicted molar refractivity (Wildman–Crippen MR) is 108 cm³/mol. The first-order valence-corrected chi connectivity index (χ1v) is 10.2. The van der Waals surface area contributed by atoms with Crippen LogP contribution in [0, 0.1) is 12.8 Å². The summed E-state index contributed by atoms with van der Waals surface area (Å²) < 4.78 is 30.9. The van der Waals surface area contributed by atoms with Crippen LogP contribution in [0.4, 0.5) is 13.9 Å². The number of methoxy groups -OCH3 is 1. The van der Waals surface area contributed by atoms with Crippen molar-refractivity contribution in [3.8, 4) is 16.9 Å². The van der Waals surface area contributed by atoms with E-state index in [1.54, 1.807) is 19.1 Å². The Bertz CT molecular complexity index is 1110. The van der Waals surface area contributed by atoms with E-state index in [-0.39, 0.29) is 21.8 Å². The molecule has 2 atom stereocenters. The molecule has 0 bridgehead atoms. The van der Waals surface area contributed by atoms with E-state index in [2.05, 4.69) is 25.5 Å². The molecule has 1 amide bonds. The van der Waals surface area contributed by atoms with Gasteiger partial charge in [0.05, 0.1) is 18.9 Å². The van der Waals surface area contributed by atoms with E-state index in [0.29, 0.717) is 34.0 Å². The zero-order valence-corrected chi connectivity index (χ0v) is 17.5. The summed E-state index contributed by atoms with van der Waals surface area (Å²) in [5.74, 6) is -0.994. The number of halogens is 3. The zero-order chi connectivity index (χ0) is 21.4. The summed E-state index contributed by atoms with van der Waals surface area (Å²) in [6.07, 6.45) is 0.930. The maximum Gasteiger partial charge on any atom is 0.259 e. The number of carbonyl (C=O) groups is 1. The minimum absolute atomic E-state index is 0.237. The molecule has 3 heterocycles. The monoisotopic (exact) mass is 451 g/mol. The van der Waals surface area contributed by atoms with Gasteiger partial charge in [0.25, 0.3) is 5.91 Å². The number of rotatable bonds is 6. The molecule has 11 heteroatoms. The Labute approximate surface area is 179 Å². The fourth-order valence-electron chi connectivity index (χ4n) is 3.13. The van der Waals surface area contributed by atoms with Crippen LogP contribution < -0.4 is 10.1 Å². The second-order valence-corrected chi connectivity index (χ2v) is 8.22. The molecule has 0 spiro atoms. The van der Waals surface area contributed by atoms with Crippen LogP contribution in [0.15, 0.2) is 24.5 Å². The quantitative estimate of drug-likeness (QED) is 0.551. The van der Waals surface area contributed by atoms with E-state index >= 15 is 0 Å². The first kappa shape index (κ1) is 20.5. The number of ether oxygens (including phenoxy) is 1. The predicted octanol–water partition coefficient (Wildman–Crippen LogP) is 4.59. The van der Waals surface area contributed by atoms with Gasteiger partial charge < -0.3 is 4.74 Å². The Morgan fingerprint density at radius 1 is 1.27 bits per heavy atom. The molecule has 0 unspecified atom stereocenters. The van der Waals surface area contributed by atoms with Gasteiger partial charge in [-0.05, 0) is 25.5 Å². The van der Waals surface area contributed by atoms with Gasteiger partial charge in [-0.25, -0.2) is 13.8 Å². The van der Waals surface area contributed by atoms with Crippen molar-refractivity contribution in [1.29, 1.82) is 0 Å². The fourth-order valence-corrected chi connectivity index (χ4v) is 4.22. The molecule has 1 fully saturated rings. The van der Waals surface area contributed by atoms with Crippen LogP contribution in [0.5, 0.6) is 5.75 Å². The van der Waals surface area contributed by atoms with E-state index in [1.165, 1.54) is 19.5 Å². The lowest BCUT2D eigenvalue weighted by Gasteiger charge is -2.13. The summed E-state index contributed by atoms with van der Waals surface area (Å²) in [6.45, 7) is 1.80. The lowest BCUT2D eigenvalue weighted by Crippen LogP contribution is -2.14. The van der Waals surface area contributed by atoms with Crippen molar-refractivity contribution in [2.75, 3.05) is 12.4 Å². The molecule has 0 aromatic carbocycles. The van der Waals surface area contributed by atoms with Crippen molar-refractivity contribution < 1.29 is 18.3 Å². The SMILES string of the molecule is COc1cnc(Cl)cc1-c1cc(C)ncc1C(=O)Nc1nnc([C@H]2C[C@H]2C(F)F)s1. The average Bonchev–Trinajstić information content (AvgIpc) is 3.40. The highest BCUT2D eigenvalue weighted by Crippen LogP contribution is 2.51. The molecule has 7 nitrogen and oxygen atoms in total. The maximum absolute atomic E-state index is 12.9. The van der Waals surface area contributed by atoms with Gasteiger partial charge in [0.1, 0.15) is 15.9 Å². The number of aromatic nitrogens is 4. The van der Waals surface area contributed by atoms with E-state index in [1.807, 2.05) is 0 Å². The second kappa shape index (κ2) is 8.19. The molecule has 0 saturated heterocycles. The molecule has 156 valence electrons. The van der Waals surface area contributed by atoms with Crippen LogP contribution in [-0.4, -0.2) is 39.6 Å². The highest BCUT2D eigenvalue weighted by atomic mass is 35.5. The molecule has 3 aromatic rings. The normalized spacial score (nSPS) is 17.8. The molecule has 1 N–H and O–H groups in total. The summed E-state index contributed by atoms with van der Waals surface area (Å²) in [5.41, 5.74) is 2.12. The second-order valence-electron chi connectivity index (χ2n) is 6.82. The number of aryl methyl sites for hydroxylation is 1. The number of hydrogen-bond donors (Lipinski definition) is 1. The molecule has 1 aliphatic rings. The number of nitrogens with zero attached hydrogens (tertiary/aromatic N) is 4. The van der Waals surface area contributed by atoms with E-state index in [9.17, 15) is 13.6 Å². The van der Waals surface area contributed by atoms with Crippen molar-refractivity contribution in [3.05, 3.63) is 45.9 Å². The van der Waals surface area contributed by atoms with Crippen LogP contribution in [-0.2, 0) is 0 Å². The molecule has 0 aliphatic heterocycles. The smallest absolute Gasteiger partial charge is 0.259 e. The van der Waals surface area contributed by atoms with Crippen LogP contribution in [0.2, 0.25) is 5.15 Å². The largest absolute Gasteiger partial charge is 0.494 e. The van der Waals surface area contributed by atoms with Gasteiger partial charge in [-0.3, -0.25) is 15.1 Å². The Morgan fingerprint density at radius 3 is 2.77 bits per heavy atom. The minimum Gasteiger partial charge on any atom is -0.494 e. The first-order valence-electron chi connectivity index (χ1n) is 8.96. The number of alkyl halides is 2. The van der Waals surface area contributed by atoms with Gasteiger partial charge in [0.2, 0.25) is 11.6 Å². The van der Waals surface area contributed by atoms with Gasteiger partial charge in [-0.2, -0.15) is 0 Å². The summed E-state index contributed by atoms with van der Waals surface area (Å²) in [4.78, 5) is 21.2. The third-order valence-electron chi connectivity index (χ3n) is 4.77. The summed E-state index contributed by atoms with van der Waals surface area (Å²) >= 11 is 7.14. The molecular weight excluding hydrogens is 436 g/mol. The minimum atomic E-state index is -2.37. The van der Waals surface area contributed by atoms with Crippen molar-refractivity contribution in [2.45, 2.75) is 25.7 Å². The third kappa shape index (κ3) is 4.10. The van der Waals surface area contributed by atoms with Crippen molar-refractivity contribution >= 4 is 34.0 Å². The third-order valence-corrected chi connectivity index (χ3v) is 5.95. The average molecular weight is 452 g/mol. The number of hydrogen-bond acceptors (Lipinski definition) is 7. The van der Waals surface area contributed by atoms with E-state index in [4.69, 9.17) is 16.3 Å². The topological polar surface area (TPSA) is 89.9 Å². The molecule has 3 aromatic heterocycles. The van der Waals surface area contributed by atoms with Gasteiger partial charge >= 0.3 is 0 Å². The van der Waals surface area contributed by atoms with Gasteiger partial charge in [-0.1, -0.05) is 22.9 Å². The summed E-state index contributed by atoms with van der Waals surface area (Å²) in [5, 5.41) is 11.5. The Morgan fingerprint density at radius 2 is 2.07 bits per heavy atom. The first-order chi connectivity index (χ1) is 14.4. The van der Waals surface area contributed by atoms with Crippen molar-refractivity contribution in [2.24, 2.45) is 5.92 Å². The van der Waals surface area contributed by atoms with Gasteiger partial charge in [0.15, 0.2) is 0 Å². The van der Waals surface area contributed by atoms with E-state index < -0.39 is 18.3 Å². The highest BCUT2D eigenvalue weighted by molar-refractivity contribution is 7.15. The number of amides is 1. The van der Waals surface area contributed by atoms with Crippen LogP contribution in [0.1, 0.15) is 33.4 Å². The van der Waals surface area contributed by atoms with Crippen LogP contribution >= 0.6 is 22.9 Å². The van der Waals surface area contributed by atoms with Crippen LogP contribution in [0.25, 0.3) is 11.1 Å². The van der Waals surface area contributed by atoms with Crippen molar-refractivity contribution in [1.82, 2.24) is 20.2 Å². The number of nitrogens with one attached hydrogen (secondary N) is 1. The lowest BCUT2D eigenvalue weighted by molar-refractivity contribution is 0.102. The summed E-state index contributed by atoms with van der Waals surface area (Å²) in [7, 11) is 1.50. The molecule has 1 saturated carbocycles. The number of carbonyl (C=O) groups excluding carboxylic acids is 1. The van der Waals surface area contributed by atoms with Crippen LogP contribution in [0.3, 0.4) is 0 Å². The zero-order valence-electron chi connectivity index (χ0n) is 15.9. The van der Waals surface area contributed by atoms with Gasteiger partial charge in [-0.15, -0.1) is 10.2 Å². The maximum atomic E-state index is 12.9. The standard InChI is InChI=1S/C19H16ClF2N5O2S/c1-8-3-9(10-5-15(20)24-7-14(10)29-2)13(6-23-8)17(28)25-19-27-26-18(30-19)12-4-11(12)16(21)22/h3,5-7,11-12,16H,4H2,1-2H3,(H,25,27,28)/t11-,12+/m1/s1. The van der Waals surface area contributed by atoms with Gasteiger partial charge in [0, 0.05) is 34.9 Å². The Hall–Kier alpha value is -2.72. The molecule has 1 aliphatic carbocycles.